The van der Waals surface area contributed by atoms with Crippen LogP contribution in [0.2, 0.25) is 0 Å². The minimum absolute atomic E-state index is 0.101. The SMILES string of the molecule is Fc1cccnc1OCC[C@@H]1CN(C2CCOCC2)Cc2cccn2C1. The van der Waals surface area contributed by atoms with Gasteiger partial charge in [0.2, 0.25) is 5.88 Å². The minimum atomic E-state index is -0.398. The smallest absolute Gasteiger partial charge is 0.250 e. The van der Waals surface area contributed by atoms with Crippen molar-refractivity contribution >= 4 is 0 Å². The zero-order chi connectivity index (χ0) is 17.8. The molecule has 0 unspecified atom stereocenters. The molecule has 0 radical (unpaired) electrons. The Balaban J connectivity index is 1.40. The Bertz CT molecular complexity index is 715. The average Bonchev–Trinajstić information content (AvgIpc) is 3.02. The first kappa shape index (κ1) is 17.5. The van der Waals surface area contributed by atoms with Crippen LogP contribution in [0.1, 0.15) is 25.0 Å². The molecule has 26 heavy (non-hydrogen) atoms. The highest BCUT2D eigenvalue weighted by molar-refractivity contribution is 5.12. The van der Waals surface area contributed by atoms with Crippen LogP contribution in [-0.4, -0.2) is 46.9 Å². The number of aromatic nitrogens is 2. The highest BCUT2D eigenvalue weighted by atomic mass is 19.1. The first-order valence-corrected chi connectivity index (χ1v) is 9.49. The van der Waals surface area contributed by atoms with Gasteiger partial charge < -0.3 is 14.0 Å². The second-order valence-corrected chi connectivity index (χ2v) is 7.22. The van der Waals surface area contributed by atoms with Gasteiger partial charge in [0, 0.05) is 57.0 Å². The van der Waals surface area contributed by atoms with Crippen molar-refractivity contribution < 1.29 is 13.9 Å². The molecule has 6 heteroatoms. The molecule has 0 saturated carbocycles. The fraction of sp³-hybridized carbons (Fsp3) is 0.550. The normalized spacial score (nSPS) is 22.0. The Labute approximate surface area is 153 Å². The van der Waals surface area contributed by atoms with Gasteiger partial charge >= 0.3 is 0 Å². The van der Waals surface area contributed by atoms with Gasteiger partial charge in [-0.25, -0.2) is 9.37 Å². The summed E-state index contributed by atoms with van der Waals surface area (Å²) < 4.78 is 27.2. The van der Waals surface area contributed by atoms with Crippen LogP contribution in [-0.2, 0) is 17.8 Å². The lowest BCUT2D eigenvalue weighted by molar-refractivity contribution is 0.0252. The third-order valence-corrected chi connectivity index (χ3v) is 5.43. The standard InChI is InChI=1S/C20H26FN3O2/c21-19-4-1-8-22-20(19)26-12-5-16-13-23-9-2-3-18(23)15-24(14-16)17-6-10-25-11-7-17/h1-4,8-9,16-17H,5-7,10-15H2/t16-/m0/s1. The fourth-order valence-corrected chi connectivity index (χ4v) is 4.02. The molecule has 1 fully saturated rings. The van der Waals surface area contributed by atoms with Crippen LogP contribution >= 0.6 is 0 Å². The quantitative estimate of drug-likeness (QED) is 0.822. The van der Waals surface area contributed by atoms with Gasteiger partial charge in [0.1, 0.15) is 0 Å². The lowest BCUT2D eigenvalue weighted by atomic mass is 10.0. The van der Waals surface area contributed by atoms with Gasteiger partial charge in [0.25, 0.3) is 0 Å². The monoisotopic (exact) mass is 359 g/mol. The van der Waals surface area contributed by atoms with E-state index in [1.54, 1.807) is 12.3 Å². The van der Waals surface area contributed by atoms with Gasteiger partial charge in [0.15, 0.2) is 5.82 Å². The van der Waals surface area contributed by atoms with Gasteiger partial charge in [-0.1, -0.05) is 0 Å². The maximum absolute atomic E-state index is 13.7. The average molecular weight is 359 g/mol. The molecule has 2 aromatic rings. The Morgan fingerprint density at radius 2 is 2.08 bits per heavy atom. The number of hydrogen-bond acceptors (Lipinski definition) is 4. The number of fused-ring (bicyclic) bond motifs is 1. The summed E-state index contributed by atoms with van der Waals surface area (Å²) in [4.78, 5) is 6.57. The highest BCUT2D eigenvalue weighted by Gasteiger charge is 2.28. The maximum atomic E-state index is 13.7. The van der Waals surface area contributed by atoms with Crippen LogP contribution in [0.25, 0.3) is 0 Å². The van der Waals surface area contributed by atoms with E-state index in [-0.39, 0.29) is 5.88 Å². The third kappa shape index (κ3) is 4.07. The van der Waals surface area contributed by atoms with Crippen molar-refractivity contribution in [3.8, 4) is 5.88 Å². The van der Waals surface area contributed by atoms with Crippen molar-refractivity contribution in [2.24, 2.45) is 5.92 Å². The summed E-state index contributed by atoms with van der Waals surface area (Å²) in [5.41, 5.74) is 1.37. The number of halogens is 1. The Hall–Kier alpha value is -1.92. The number of ether oxygens (including phenoxy) is 2. The molecule has 2 aliphatic rings. The first-order valence-electron chi connectivity index (χ1n) is 9.49. The molecule has 0 bridgehead atoms. The Kier molecular flexibility index (Phi) is 5.51. The van der Waals surface area contributed by atoms with Gasteiger partial charge in [-0.05, 0) is 49.4 Å². The number of pyridine rings is 1. The van der Waals surface area contributed by atoms with Crippen molar-refractivity contribution in [2.45, 2.75) is 38.4 Å². The molecular weight excluding hydrogens is 333 g/mol. The Morgan fingerprint density at radius 1 is 1.19 bits per heavy atom. The predicted molar refractivity (Wildman–Crippen MR) is 96.5 cm³/mol. The summed E-state index contributed by atoms with van der Waals surface area (Å²) in [6, 6.07) is 7.88. The molecule has 4 heterocycles. The van der Waals surface area contributed by atoms with Gasteiger partial charge in [-0.3, -0.25) is 4.90 Å². The molecule has 0 aromatic carbocycles. The molecule has 0 spiro atoms. The molecule has 0 aliphatic carbocycles. The van der Waals surface area contributed by atoms with E-state index in [0.29, 0.717) is 18.6 Å². The van der Waals surface area contributed by atoms with E-state index in [1.807, 2.05) is 0 Å². The Morgan fingerprint density at radius 3 is 2.92 bits per heavy atom. The van der Waals surface area contributed by atoms with Gasteiger partial charge in [0.05, 0.1) is 6.61 Å². The molecule has 2 aliphatic heterocycles. The van der Waals surface area contributed by atoms with Crippen molar-refractivity contribution in [1.82, 2.24) is 14.5 Å². The third-order valence-electron chi connectivity index (χ3n) is 5.43. The first-order chi connectivity index (χ1) is 12.8. The zero-order valence-corrected chi connectivity index (χ0v) is 15.0. The van der Waals surface area contributed by atoms with Crippen LogP contribution in [0.5, 0.6) is 5.88 Å². The van der Waals surface area contributed by atoms with E-state index in [9.17, 15) is 4.39 Å². The molecule has 0 N–H and O–H groups in total. The lowest BCUT2D eigenvalue weighted by Crippen LogP contribution is -2.41. The molecule has 140 valence electrons. The van der Waals surface area contributed by atoms with E-state index in [2.05, 4.69) is 32.8 Å². The van der Waals surface area contributed by atoms with Crippen molar-refractivity contribution in [3.05, 3.63) is 48.2 Å². The molecule has 0 amide bonds. The number of rotatable bonds is 5. The van der Waals surface area contributed by atoms with E-state index in [4.69, 9.17) is 9.47 Å². The molecular formula is C20H26FN3O2. The topological polar surface area (TPSA) is 39.5 Å². The summed E-state index contributed by atoms with van der Waals surface area (Å²) in [5.74, 6) is 0.173. The predicted octanol–water partition coefficient (Wildman–Crippen LogP) is 3.10. The van der Waals surface area contributed by atoms with Crippen LogP contribution in [0.3, 0.4) is 0 Å². The van der Waals surface area contributed by atoms with E-state index < -0.39 is 5.82 Å². The number of hydrogen-bond donors (Lipinski definition) is 0. The summed E-state index contributed by atoms with van der Waals surface area (Å²) in [6.07, 6.45) is 6.80. The molecule has 4 rings (SSSR count). The minimum Gasteiger partial charge on any atom is -0.476 e. The van der Waals surface area contributed by atoms with Crippen LogP contribution in [0.15, 0.2) is 36.7 Å². The second kappa shape index (κ2) is 8.18. The van der Waals surface area contributed by atoms with E-state index in [1.165, 1.54) is 11.8 Å². The van der Waals surface area contributed by atoms with Crippen molar-refractivity contribution in [1.29, 1.82) is 0 Å². The van der Waals surface area contributed by atoms with Crippen LogP contribution in [0, 0.1) is 11.7 Å². The van der Waals surface area contributed by atoms with E-state index >= 15 is 0 Å². The van der Waals surface area contributed by atoms with E-state index in [0.717, 1.165) is 52.1 Å². The molecule has 2 aromatic heterocycles. The molecule has 1 saturated heterocycles. The maximum Gasteiger partial charge on any atom is 0.250 e. The van der Waals surface area contributed by atoms with Crippen molar-refractivity contribution in [3.63, 3.8) is 0 Å². The zero-order valence-electron chi connectivity index (χ0n) is 15.0. The summed E-state index contributed by atoms with van der Waals surface area (Å²) in [5, 5.41) is 0. The second-order valence-electron chi connectivity index (χ2n) is 7.22. The van der Waals surface area contributed by atoms with Crippen molar-refractivity contribution in [2.75, 3.05) is 26.4 Å². The lowest BCUT2D eigenvalue weighted by Gasteiger charge is -2.34. The molecule has 5 nitrogen and oxygen atoms in total. The summed E-state index contributed by atoms with van der Waals surface area (Å²) >= 11 is 0. The number of nitrogens with zero attached hydrogens (tertiary/aromatic N) is 3. The van der Waals surface area contributed by atoms with Gasteiger partial charge in [-0.15, -0.1) is 0 Å². The largest absolute Gasteiger partial charge is 0.476 e. The van der Waals surface area contributed by atoms with Crippen LogP contribution < -0.4 is 4.74 Å². The highest BCUT2D eigenvalue weighted by Crippen LogP contribution is 2.25. The summed E-state index contributed by atoms with van der Waals surface area (Å²) in [7, 11) is 0. The van der Waals surface area contributed by atoms with Crippen LogP contribution in [0.4, 0.5) is 4.39 Å². The summed E-state index contributed by atoms with van der Waals surface area (Å²) in [6.45, 7) is 5.21. The molecule has 1 atom stereocenters. The fourth-order valence-electron chi connectivity index (χ4n) is 4.02. The van der Waals surface area contributed by atoms with Gasteiger partial charge in [-0.2, -0.15) is 0 Å².